The summed E-state index contributed by atoms with van der Waals surface area (Å²) in [4.78, 5) is 12.6. The number of Topliss-reactive ketones (excluding diaryl/α,β-unsaturated/α-hetero) is 1. The van der Waals surface area contributed by atoms with Crippen molar-refractivity contribution in [2.45, 2.75) is 84.3 Å². The number of benzene rings is 1. The molecular formula is C26H36O2. The van der Waals surface area contributed by atoms with Crippen molar-refractivity contribution in [3.05, 3.63) is 35.9 Å². The number of ether oxygens (including phenoxy) is 1. The van der Waals surface area contributed by atoms with Crippen molar-refractivity contribution in [2.24, 2.45) is 34.5 Å². The van der Waals surface area contributed by atoms with E-state index in [4.69, 9.17) is 4.74 Å². The summed E-state index contributed by atoms with van der Waals surface area (Å²) in [5.41, 5.74) is 1.78. The van der Waals surface area contributed by atoms with Crippen LogP contribution >= 0.6 is 0 Å². The average molecular weight is 381 g/mol. The van der Waals surface area contributed by atoms with Crippen molar-refractivity contribution < 1.29 is 9.53 Å². The van der Waals surface area contributed by atoms with E-state index in [-0.39, 0.29) is 5.41 Å². The molecule has 1 aromatic carbocycles. The van der Waals surface area contributed by atoms with Crippen LogP contribution in [-0.2, 0) is 16.1 Å². The lowest BCUT2D eigenvalue weighted by molar-refractivity contribution is -0.145. The first kappa shape index (κ1) is 18.9. The zero-order valence-corrected chi connectivity index (χ0v) is 17.7. The molecule has 28 heavy (non-hydrogen) atoms. The van der Waals surface area contributed by atoms with Crippen molar-refractivity contribution in [3.8, 4) is 0 Å². The van der Waals surface area contributed by atoms with E-state index in [0.717, 1.165) is 37.2 Å². The van der Waals surface area contributed by atoms with E-state index in [1.165, 1.54) is 50.5 Å². The van der Waals surface area contributed by atoms with E-state index in [9.17, 15) is 4.79 Å². The largest absolute Gasteiger partial charge is 0.374 e. The zero-order chi connectivity index (χ0) is 19.4. The third-order valence-electron chi connectivity index (χ3n) is 9.66. The number of carbonyl (C=O) groups excluding carboxylic acids is 1. The predicted molar refractivity (Wildman–Crippen MR) is 112 cm³/mol. The number of ketones is 1. The van der Waals surface area contributed by atoms with E-state index in [0.29, 0.717) is 23.2 Å². The molecule has 4 aliphatic carbocycles. The van der Waals surface area contributed by atoms with Gasteiger partial charge in [0.2, 0.25) is 0 Å². The molecule has 0 bridgehead atoms. The third-order valence-corrected chi connectivity index (χ3v) is 9.66. The van der Waals surface area contributed by atoms with Gasteiger partial charge in [-0.15, -0.1) is 0 Å². The highest BCUT2D eigenvalue weighted by atomic mass is 16.5. The van der Waals surface area contributed by atoms with Gasteiger partial charge in [0.05, 0.1) is 12.7 Å². The lowest BCUT2D eigenvalue weighted by Gasteiger charge is -2.60. The van der Waals surface area contributed by atoms with Crippen LogP contribution in [-0.4, -0.2) is 11.9 Å². The quantitative estimate of drug-likeness (QED) is 0.625. The Morgan fingerprint density at radius 3 is 2.61 bits per heavy atom. The Balaban J connectivity index is 1.27. The predicted octanol–water partition coefficient (Wildman–Crippen LogP) is 6.18. The molecule has 1 aromatic rings. The summed E-state index contributed by atoms with van der Waals surface area (Å²) in [6.07, 6.45) is 11.3. The van der Waals surface area contributed by atoms with Crippen LogP contribution in [0.15, 0.2) is 30.3 Å². The fraction of sp³-hybridized carbons (Fsp3) is 0.731. The molecule has 152 valence electrons. The van der Waals surface area contributed by atoms with E-state index < -0.39 is 0 Å². The van der Waals surface area contributed by atoms with Crippen molar-refractivity contribution >= 4 is 5.78 Å². The van der Waals surface area contributed by atoms with Gasteiger partial charge < -0.3 is 4.74 Å². The topological polar surface area (TPSA) is 26.3 Å². The minimum Gasteiger partial charge on any atom is -0.374 e. The van der Waals surface area contributed by atoms with Crippen LogP contribution < -0.4 is 0 Å². The first-order chi connectivity index (χ1) is 13.5. The second-order valence-corrected chi connectivity index (χ2v) is 10.8. The van der Waals surface area contributed by atoms with Crippen LogP contribution in [0.4, 0.5) is 0 Å². The molecule has 7 atom stereocenters. The molecule has 0 heterocycles. The molecule has 4 fully saturated rings. The molecule has 0 saturated heterocycles. The Kier molecular flexibility index (Phi) is 4.69. The highest BCUT2D eigenvalue weighted by Crippen LogP contribution is 2.65. The van der Waals surface area contributed by atoms with E-state index in [1.54, 1.807) is 0 Å². The molecule has 4 saturated carbocycles. The Morgan fingerprint density at radius 2 is 1.79 bits per heavy atom. The number of fused-ring (bicyclic) bond motifs is 5. The summed E-state index contributed by atoms with van der Waals surface area (Å²) >= 11 is 0. The van der Waals surface area contributed by atoms with Crippen molar-refractivity contribution in [1.29, 1.82) is 0 Å². The van der Waals surface area contributed by atoms with E-state index >= 15 is 0 Å². The summed E-state index contributed by atoms with van der Waals surface area (Å²) in [5, 5.41) is 0. The van der Waals surface area contributed by atoms with Gasteiger partial charge in [-0.05, 0) is 86.0 Å². The fourth-order valence-electron chi connectivity index (χ4n) is 7.93. The number of hydrogen-bond donors (Lipinski definition) is 0. The molecule has 5 rings (SSSR count). The summed E-state index contributed by atoms with van der Waals surface area (Å²) in [6.45, 7) is 5.65. The van der Waals surface area contributed by atoms with Crippen LogP contribution in [0, 0.1) is 34.5 Å². The van der Waals surface area contributed by atoms with Crippen molar-refractivity contribution in [3.63, 3.8) is 0 Å². The Bertz CT molecular complexity index is 727. The van der Waals surface area contributed by atoms with Crippen molar-refractivity contribution in [1.82, 2.24) is 0 Å². The van der Waals surface area contributed by atoms with Crippen LogP contribution in [0.25, 0.3) is 0 Å². The lowest BCUT2D eigenvalue weighted by atomic mass is 9.45. The van der Waals surface area contributed by atoms with Gasteiger partial charge in [-0.25, -0.2) is 0 Å². The first-order valence-corrected chi connectivity index (χ1v) is 11.7. The first-order valence-electron chi connectivity index (χ1n) is 11.7. The van der Waals surface area contributed by atoms with Gasteiger partial charge in [0.1, 0.15) is 5.78 Å². The molecular weight excluding hydrogens is 344 g/mol. The van der Waals surface area contributed by atoms with Gasteiger partial charge in [-0.2, -0.15) is 0 Å². The number of carbonyl (C=O) groups is 1. The van der Waals surface area contributed by atoms with Gasteiger partial charge in [0, 0.05) is 11.8 Å². The third kappa shape index (κ3) is 2.90. The van der Waals surface area contributed by atoms with Crippen LogP contribution in [0.5, 0.6) is 0 Å². The summed E-state index contributed by atoms with van der Waals surface area (Å²) < 4.78 is 6.35. The SMILES string of the molecule is C[C@]12CC[C@H](OCc3ccccc3)C[C@@H]1CC[C@@H]1[C@H]3CCC(=O)[C@@]3(C)CC[C@@H]12. The van der Waals surface area contributed by atoms with Gasteiger partial charge in [0.25, 0.3) is 0 Å². The molecule has 0 spiro atoms. The molecule has 0 radical (unpaired) electrons. The summed E-state index contributed by atoms with van der Waals surface area (Å²) in [5.74, 6) is 3.69. The summed E-state index contributed by atoms with van der Waals surface area (Å²) in [7, 11) is 0. The van der Waals surface area contributed by atoms with Crippen molar-refractivity contribution in [2.75, 3.05) is 0 Å². The maximum Gasteiger partial charge on any atom is 0.139 e. The number of rotatable bonds is 3. The lowest BCUT2D eigenvalue weighted by Crippen LogP contribution is -2.54. The molecule has 0 unspecified atom stereocenters. The zero-order valence-electron chi connectivity index (χ0n) is 17.7. The molecule has 4 aliphatic rings. The highest BCUT2D eigenvalue weighted by molar-refractivity contribution is 5.87. The Hall–Kier alpha value is -1.15. The molecule has 0 amide bonds. The maximum absolute atomic E-state index is 12.6. The second kappa shape index (κ2) is 6.97. The monoisotopic (exact) mass is 380 g/mol. The van der Waals surface area contributed by atoms with Gasteiger partial charge in [0.15, 0.2) is 0 Å². The number of hydrogen-bond acceptors (Lipinski definition) is 2. The van der Waals surface area contributed by atoms with Gasteiger partial charge >= 0.3 is 0 Å². The maximum atomic E-state index is 12.6. The minimum atomic E-state index is 0.0142. The highest BCUT2D eigenvalue weighted by Gasteiger charge is 2.60. The molecule has 2 nitrogen and oxygen atoms in total. The Labute approximate surface area is 170 Å². The standard InChI is InChI=1S/C26H36O2/c1-25-14-12-20(28-17-18-6-4-3-5-7-18)16-19(25)8-9-21-22-10-11-24(27)26(22,2)15-13-23(21)25/h3-7,19-23H,8-17H2,1-2H3/t19-,20-,21+,22+,23-,25-,26-/m0/s1. The summed E-state index contributed by atoms with van der Waals surface area (Å²) in [6, 6.07) is 10.6. The molecule has 2 heteroatoms. The van der Waals surface area contributed by atoms with Gasteiger partial charge in [-0.3, -0.25) is 4.79 Å². The van der Waals surface area contributed by atoms with E-state index in [1.807, 2.05) is 0 Å². The molecule has 0 aromatic heterocycles. The second-order valence-electron chi connectivity index (χ2n) is 10.8. The molecule has 0 aliphatic heterocycles. The van der Waals surface area contributed by atoms with Gasteiger partial charge in [-0.1, -0.05) is 44.2 Å². The fourth-order valence-corrected chi connectivity index (χ4v) is 7.93. The Morgan fingerprint density at radius 1 is 0.964 bits per heavy atom. The van der Waals surface area contributed by atoms with Crippen LogP contribution in [0.3, 0.4) is 0 Å². The molecule has 0 N–H and O–H groups in total. The normalized spacial score (nSPS) is 45.2. The average Bonchev–Trinajstić information content (AvgIpc) is 3.02. The van der Waals surface area contributed by atoms with E-state index in [2.05, 4.69) is 44.2 Å². The van der Waals surface area contributed by atoms with Crippen LogP contribution in [0.1, 0.15) is 77.2 Å². The van der Waals surface area contributed by atoms with Crippen LogP contribution in [0.2, 0.25) is 0 Å². The minimum absolute atomic E-state index is 0.0142. The smallest absolute Gasteiger partial charge is 0.139 e.